The fourth-order valence-corrected chi connectivity index (χ4v) is 2.17. The Morgan fingerprint density at radius 1 is 0.923 bits per heavy atom. The summed E-state index contributed by atoms with van der Waals surface area (Å²) >= 11 is 0. The van der Waals surface area contributed by atoms with Gasteiger partial charge in [0.2, 0.25) is 5.91 Å². The lowest BCUT2D eigenvalue weighted by Gasteiger charge is -2.13. The van der Waals surface area contributed by atoms with Crippen molar-refractivity contribution in [3.05, 3.63) is 53.6 Å². The number of aromatic hydroxyl groups is 4. The summed E-state index contributed by atoms with van der Waals surface area (Å²) in [7, 11) is 0. The number of carbonyl (C=O) groups excluding carboxylic acids is 1. The van der Waals surface area contributed by atoms with E-state index in [2.05, 4.69) is 5.32 Å². The van der Waals surface area contributed by atoms with Crippen LogP contribution in [0.5, 0.6) is 23.0 Å². The van der Waals surface area contributed by atoms with Gasteiger partial charge in [0, 0.05) is 12.5 Å². The largest absolute Gasteiger partial charge is 0.504 e. The summed E-state index contributed by atoms with van der Waals surface area (Å²) in [6.07, 6.45) is 2.35. The average Bonchev–Trinajstić information content (AvgIpc) is 2.58. The Morgan fingerprint density at radius 2 is 1.54 bits per heavy atom. The summed E-state index contributed by atoms with van der Waals surface area (Å²) in [5, 5.41) is 48.9. The van der Waals surface area contributed by atoms with Crippen LogP contribution >= 0.6 is 0 Å². The maximum Gasteiger partial charge on any atom is 0.326 e. The first-order valence-corrected chi connectivity index (χ1v) is 7.50. The summed E-state index contributed by atoms with van der Waals surface area (Å²) in [6.45, 7) is 0. The van der Waals surface area contributed by atoms with E-state index in [0.29, 0.717) is 11.1 Å². The quantitative estimate of drug-likeness (QED) is 0.337. The summed E-state index contributed by atoms with van der Waals surface area (Å²) in [5.41, 5.74) is 0.853. The molecule has 1 unspecified atom stereocenters. The molecule has 1 atom stereocenters. The number of phenols is 4. The van der Waals surface area contributed by atoms with Gasteiger partial charge in [0.25, 0.3) is 0 Å². The van der Waals surface area contributed by atoms with E-state index in [0.717, 1.165) is 6.08 Å². The predicted octanol–water partition coefficient (Wildman–Crippen LogP) is 1.33. The Kier molecular flexibility index (Phi) is 5.69. The van der Waals surface area contributed by atoms with E-state index in [1.807, 2.05) is 0 Å². The van der Waals surface area contributed by atoms with Gasteiger partial charge in [-0.05, 0) is 41.5 Å². The van der Waals surface area contributed by atoms with Crippen LogP contribution in [-0.2, 0) is 16.0 Å². The Hall–Kier alpha value is -3.68. The van der Waals surface area contributed by atoms with Crippen molar-refractivity contribution in [3.8, 4) is 23.0 Å². The highest BCUT2D eigenvalue weighted by Gasteiger charge is 2.20. The van der Waals surface area contributed by atoms with Crippen molar-refractivity contribution in [1.82, 2.24) is 5.32 Å². The van der Waals surface area contributed by atoms with Gasteiger partial charge in [0.1, 0.15) is 6.04 Å². The van der Waals surface area contributed by atoms with Gasteiger partial charge in [0.05, 0.1) is 0 Å². The third kappa shape index (κ3) is 4.91. The highest BCUT2D eigenvalue weighted by molar-refractivity contribution is 5.94. The fourth-order valence-electron chi connectivity index (χ4n) is 2.17. The zero-order valence-electron chi connectivity index (χ0n) is 13.5. The molecule has 136 valence electrons. The first-order chi connectivity index (χ1) is 12.3. The molecule has 0 spiro atoms. The number of aliphatic carboxylic acids is 1. The molecule has 0 aliphatic carbocycles. The third-order valence-electron chi connectivity index (χ3n) is 3.52. The first-order valence-electron chi connectivity index (χ1n) is 7.50. The topological polar surface area (TPSA) is 147 Å². The SMILES string of the molecule is O=C(/C=C/c1ccc(O)c(O)c1)NC(Cc1ccc(O)c(O)c1)C(=O)O. The van der Waals surface area contributed by atoms with E-state index < -0.39 is 17.9 Å². The van der Waals surface area contributed by atoms with Crippen molar-refractivity contribution in [1.29, 1.82) is 0 Å². The second-order valence-corrected chi connectivity index (χ2v) is 5.51. The first kappa shape index (κ1) is 18.7. The number of carboxylic acid groups (broad SMARTS) is 1. The van der Waals surface area contributed by atoms with E-state index in [-0.39, 0.29) is 29.4 Å². The molecule has 0 aliphatic heterocycles. The maximum absolute atomic E-state index is 11.9. The second-order valence-electron chi connectivity index (χ2n) is 5.51. The minimum Gasteiger partial charge on any atom is -0.504 e. The summed E-state index contributed by atoms with van der Waals surface area (Å²) < 4.78 is 0. The molecule has 0 saturated heterocycles. The Labute approximate surface area is 148 Å². The molecule has 2 rings (SSSR count). The van der Waals surface area contributed by atoms with Gasteiger partial charge in [-0.1, -0.05) is 12.1 Å². The zero-order valence-corrected chi connectivity index (χ0v) is 13.5. The van der Waals surface area contributed by atoms with Crippen molar-refractivity contribution >= 4 is 18.0 Å². The van der Waals surface area contributed by atoms with Crippen molar-refractivity contribution in [2.75, 3.05) is 0 Å². The summed E-state index contributed by atoms with van der Waals surface area (Å²) in [5.74, 6) is -3.29. The summed E-state index contributed by atoms with van der Waals surface area (Å²) in [4.78, 5) is 23.3. The van der Waals surface area contributed by atoms with Gasteiger partial charge in [-0.15, -0.1) is 0 Å². The lowest BCUT2D eigenvalue weighted by atomic mass is 10.1. The highest BCUT2D eigenvalue weighted by atomic mass is 16.4. The van der Waals surface area contributed by atoms with Crippen LogP contribution in [0.1, 0.15) is 11.1 Å². The van der Waals surface area contributed by atoms with Gasteiger partial charge in [-0.3, -0.25) is 4.79 Å². The van der Waals surface area contributed by atoms with Crippen LogP contribution in [0.3, 0.4) is 0 Å². The molecule has 8 heteroatoms. The Morgan fingerprint density at radius 3 is 2.12 bits per heavy atom. The second kappa shape index (κ2) is 7.93. The van der Waals surface area contributed by atoms with Gasteiger partial charge in [-0.2, -0.15) is 0 Å². The molecule has 0 aliphatic rings. The van der Waals surface area contributed by atoms with Crippen LogP contribution in [0, 0.1) is 0 Å². The molecule has 0 heterocycles. The number of rotatable bonds is 6. The monoisotopic (exact) mass is 359 g/mol. The number of hydrogen-bond donors (Lipinski definition) is 6. The molecule has 0 aromatic heterocycles. The number of phenolic OH excluding ortho intramolecular Hbond substituents is 4. The predicted molar refractivity (Wildman–Crippen MR) is 91.8 cm³/mol. The number of carbonyl (C=O) groups is 2. The van der Waals surface area contributed by atoms with Gasteiger partial charge in [0.15, 0.2) is 23.0 Å². The van der Waals surface area contributed by atoms with Crippen LogP contribution in [0.25, 0.3) is 6.08 Å². The smallest absolute Gasteiger partial charge is 0.326 e. The number of hydrogen-bond acceptors (Lipinski definition) is 6. The minimum absolute atomic E-state index is 0.0945. The van der Waals surface area contributed by atoms with Gasteiger partial charge >= 0.3 is 5.97 Å². The minimum atomic E-state index is -1.26. The van der Waals surface area contributed by atoms with E-state index in [9.17, 15) is 35.1 Å². The Bertz CT molecular complexity index is 861. The van der Waals surface area contributed by atoms with Crippen LogP contribution in [0.4, 0.5) is 0 Å². The number of nitrogens with one attached hydrogen (secondary N) is 1. The molecule has 0 bridgehead atoms. The lowest BCUT2D eigenvalue weighted by Crippen LogP contribution is -2.41. The standard InChI is InChI=1S/C18H17NO7/c20-13-4-1-10(8-15(13)22)3-6-17(24)19-12(18(25)26)7-11-2-5-14(21)16(23)9-11/h1-6,8-9,12,20-23H,7H2,(H,19,24)(H,25,26)/b6-3+. The molecule has 6 N–H and O–H groups in total. The molecular formula is C18H17NO7. The van der Waals surface area contributed by atoms with Crippen molar-refractivity contribution in [2.24, 2.45) is 0 Å². The van der Waals surface area contributed by atoms with E-state index in [4.69, 9.17) is 0 Å². The van der Waals surface area contributed by atoms with Crippen LogP contribution in [-0.4, -0.2) is 43.5 Å². The summed E-state index contributed by atoms with van der Waals surface area (Å²) in [6, 6.07) is 6.59. The fraction of sp³-hybridized carbons (Fsp3) is 0.111. The van der Waals surface area contributed by atoms with Crippen LogP contribution < -0.4 is 5.32 Å². The van der Waals surface area contributed by atoms with Crippen molar-refractivity contribution in [3.63, 3.8) is 0 Å². The number of amides is 1. The van der Waals surface area contributed by atoms with E-state index in [1.54, 1.807) is 0 Å². The molecule has 0 saturated carbocycles. The molecule has 0 radical (unpaired) electrons. The number of benzene rings is 2. The molecular weight excluding hydrogens is 342 g/mol. The average molecular weight is 359 g/mol. The molecule has 0 fully saturated rings. The Balaban J connectivity index is 2.05. The molecule has 1 amide bonds. The van der Waals surface area contributed by atoms with Gasteiger partial charge < -0.3 is 30.8 Å². The van der Waals surface area contributed by atoms with Crippen LogP contribution in [0.15, 0.2) is 42.5 Å². The van der Waals surface area contributed by atoms with Gasteiger partial charge in [-0.25, -0.2) is 4.79 Å². The third-order valence-corrected chi connectivity index (χ3v) is 3.52. The number of carboxylic acids is 1. The van der Waals surface area contributed by atoms with E-state index >= 15 is 0 Å². The highest BCUT2D eigenvalue weighted by Crippen LogP contribution is 2.26. The molecule has 2 aromatic rings. The van der Waals surface area contributed by atoms with E-state index in [1.165, 1.54) is 42.5 Å². The molecule has 2 aromatic carbocycles. The lowest BCUT2D eigenvalue weighted by molar-refractivity contribution is -0.141. The normalized spacial score (nSPS) is 12.0. The van der Waals surface area contributed by atoms with Crippen molar-refractivity contribution in [2.45, 2.75) is 12.5 Å². The molecule has 26 heavy (non-hydrogen) atoms. The van der Waals surface area contributed by atoms with Crippen LogP contribution in [0.2, 0.25) is 0 Å². The van der Waals surface area contributed by atoms with Crippen molar-refractivity contribution < 1.29 is 35.1 Å². The molecule has 8 nitrogen and oxygen atoms in total. The zero-order chi connectivity index (χ0) is 19.3. The maximum atomic E-state index is 11.9.